The van der Waals surface area contributed by atoms with Crippen molar-refractivity contribution in [1.29, 1.82) is 0 Å². The Hall–Kier alpha value is -2.01. The van der Waals surface area contributed by atoms with Gasteiger partial charge in [-0.1, -0.05) is 52.4 Å². The van der Waals surface area contributed by atoms with Gasteiger partial charge in [-0.05, 0) is 44.5 Å². The van der Waals surface area contributed by atoms with E-state index in [4.69, 9.17) is 9.47 Å². The van der Waals surface area contributed by atoms with Crippen molar-refractivity contribution in [2.24, 2.45) is 0 Å². The summed E-state index contributed by atoms with van der Waals surface area (Å²) < 4.78 is 12.0. The van der Waals surface area contributed by atoms with Crippen molar-refractivity contribution in [3.05, 3.63) is 29.5 Å². The highest BCUT2D eigenvalue weighted by molar-refractivity contribution is 5.68. The third-order valence-corrected chi connectivity index (χ3v) is 6.07. The third-order valence-electron chi connectivity index (χ3n) is 6.07. The Balaban J connectivity index is 1.61. The van der Waals surface area contributed by atoms with Crippen LogP contribution in [0.3, 0.4) is 0 Å². The molecule has 0 atom stereocenters. The molecular weight excluding hydrogens is 386 g/mol. The van der Waals surface area contributed by atoms with Crippen molar-refractivity contribution < 1.29 is 9.47 Å². The Morgan fingerprint density at radius 2 is 1.74 bits per heavy atom. The second-order valence-corrected chi connectivity index (χ2v) is 8.62. The van der Waals surface area contributed by atoms with Crippen LogP contribution in [0.15, 0.2) is 18.2 Å². The quantitative estimate of drug-likeness (QED) is 0.356. The van der Waals surface area contributed by atoms with Gasteiger partial charge < -0.3 is 9.47 Å². The molecule has 5 heteroatoms. The maximum Gasteiger partial charge on any atom is 0.161 e. The van der Waals surface area contributed by atoms with Gasteiger partial charge in [0.25, 0.3) is 0 Å². The van der Waals surface area contributed by atoms with Crippen LogP contribution in [0.2, 0.25) is 0 Å². The Labute approximate surface area is 188 Å². The van der Waals surface area contributed by atoms with Crippen molar-refractivity contribution in [2.45, 2.75) is 85.1 Å². The zero-order valence-electron chi connectivity index (χ0n) is 19.8. The van der Waals surface area contributed by atoms with Crippen molar-refractivity contribution in [1.82, 2.24) is 15.1 Å². The molecular formula is C26H41N3O2. The third kappa shape index (κ3) is 6.73. The van der Waals surface area contributed by atoms with Crippen molar-refractivity contribution in [3.8, 4) is 22.8 Å². The normalized spacial score (nSPS) is 13.9. The number of ether oxygens (including phenoxy) is 2. The first-order valence-corrected chi connectivity index (χ1v) is 12.4. The first-order valence-electron chi connectivity index (χ1n) is 12.4. The Kier molecular flexibility index (Phi) is 9.73. The van der Waals surface area contributed by atoms with Gasteiger partial charge in [-0.2, -0.15) is 5.10 Å². The molecule has 1 aliphatic heterocycles. The summed E-state index contributed by atoms with van der Waals surface area (Å²) >= 11 is 0. The summed E-state index contributed by atoms with van der Waals surface area (Å²) in [6, 6.07) is 6.27. The summed E-state index contributed by atoms with van der Waals surface area (Å²) in [5.74, 6) is 1.66. The molecule has 0 spiro atoms. The minimum absolute atomic E-state index is 0.625. The number of fused-ring (bicyclic) bond motifs is 1. The molecule has 1 N–H and O–H groups in total. The number of H-pyrrole nitrogens is 1. The van der Waals surface area contributed by atoms with Crippen LogP contribution in [0.1, 0.15) is 83.4 Å². The average Bonchev–Trinajstić information content (AvgIpc) is 3.20. The molecule has 0 saturated heterocycles. The van der Waals surface area contributed by atoms with Gasteiger partial charge in [0.2, 0.25) is 0 Å². The predicted molar refractivity (Wildman–Crippen MR) is 128 cm³/mol. The summed E-state index contributed by atoms with van der Waals surface area (Å²) in [7, 11) is 0. The number of hydrogen-bond donors (Lipinski definition) is 1. The molecule has 0 unspecified atom stereocenters. The standard InChI is InChI=1S/C26H41N3O2/c1-4-7-8-9-10-11-12-18-31-24-14-13-21(19-25(24)30-6-3)26-22-20-29(16-5-2)17-15-23(22)27-28-26/h13-14,19H,4-12,15-18,20H2,1-3H3,(H,27,28). The molecule has 0 radical (unpaired) electrons. The highest BCUT2D eigenvalue weighted by Gasteiger charge is 2.23. The first kappa shape index (κ1) is 23.6. The molecule has 31 heavy (non-hydrogen) atoms. The molecule has 5 nitrogen and oxygen atoms in total. The van der Waals surface area contributed by atoms with Gasteiger partial charge >= 0.3 is 0 Å². The van der Waals surface area contributed by atoms with Crippen molar-refractivity contribution in [2.75, 3.05) is 26.3 Å². The van der Waals surface area contributed by atoms with Gasteiger partial charge in [0.05, 0.1) is 18.9 Å². The van der Waals surface area contributed by atoms with Gasteiger partial charge in [-0.25, -0.2) is 0 Å². The summed E-state index contributed by atoms with van der Waals surface area (Å²) in [5, 5.41) is 7.93. The highest BCUT2D eigenvalue weighted by Crippen LogP contribution is 2.35. The molecule has 0 saturated carbocycles. The summed E-state index contributed by atoms with van der Waals surface area (Å²) in [6.45, 7) is 11.1. The molecule has 1 aliphatic rings. The van der Waals surface area contributed by atoms with E-state index < -0.39 is 0 Å². The molecule has 2 aromatic rings. The van der Waals surface area contributed by atoms with Gasteiger partial charge in [0.1, 0.15) is 0 Å². The highest BCUT2D eigenvalue weighted by atomic mass is 16.5. The van der Waals surface area contributed by atoms with Crippen LogP contribution < -0.4 is 9.47 Å². The van der Waals surface area contributed by atoms with Crippen LogP contribution >= 0.6 is 0 Å². The second kappa shape index (κ2) is 12.7. The molecule has 2 heterocycles. The Morgan fingerprint density at radius 1 is 0.935 bits per heavy atom. The minimum Gasteiger partial charge on any atom is -0.490 e. The number of nitrogens with one attached hydrogen (secondary N) is 1. The largest absolute Gasteiger partial charge is 0.490 e. The first-order chi connectivity index (χ1) is 15.3. The maximum atomic E-state index is 6.09. The molecule has 3 rings (SSSR count). The fourth-order valence-corrected chi connectivity index (χ4v) is 4.38. The smallest absolute Gasteiger partial charge is 0.161 e. The number of nitrogens with zero attached hydrogens (tertiary/aromatic N) is 2. The van der Waals surface area contributed by atoms with Gasteiger partial charge in [0.15, 0.2) is 11.5 Å². The lowest BCUT2D eigenvalue weighted by Gasteiger charge is -2.26. The molecule has 0 amide bonds. The van der Waals surface area contributed by atoms with Crippen molar-refractivity contribution >= 4 is 0 Å². The summed E-state index contributed by atoms with van der Waals surface area (Å²) in [4.78, 5) is 2.52. The van der Waals surface area contributed by atoms with E-state index in [1.54, 1.807) is 0 Å². The SMILES string of the molecule is CCCCCCCCCOc1ccc(-c2n[nH]c3c2CN(CCC)CC3)cc1OCC. The molecule has 172 valence electrons. The van der Waals surface area contributed by atoms with Crippen molar-refractivity contribution in [3.63, 3.8) is 0 Å². The molecule has 1 aromatic heterocycles. The predicted octanol–water partition coefficient (Wildman–Crippen LogP) is 6.37. The van der Waals surface area contributed by atoms with E-state index in [9.17, 15) is 0 Å². The lowest BCUT2D eigenvalue weighted by Crippen LogP contribution is -2.31. The Morgan fingerprint density at radius 3 is 2.52 bits per heavy atom. The average molecular weight is 428 g/mol. The molecule has 1 aromatic carbocycles. The van der Waals surface area contributed by atoms with Crippen LogP contribution in [0.4, 0.5) is 0 Å². The number of rotatable bonds is 14. The zero-order chi connectivity index (χ0) is 21.9. The van der Waals surface area contributed by atoms with E-state index in [1.807, 2.05) is 6.92 Å². The lowest BCUT2D eigenvalue weighted by molar-refractivity contribution is 0.254. The van der Waals surface area contributed by atoms with E-state index in [0.717, 1.165) is 61.8 Å². The monoisotopic (exact) mass is 427 g/mol. The summed E-state index contributed by atoms with van der Waals surface area (Å²) in [5.41, 5.74) is 4.76. The fourth-order valence-electron chi connectivity index (χ4n) is 4.38. The van der Waals surface area contributed by atoms with Gasteiger partial charge in [0, 0.05) is 36.3 Å². The topological polar surface area (TPSA) is 50.4 Å². The second-order valence-electron chi connectivity index (χ2n) is 8.62. The number of hydrogen-bond acceptors (Lipinski definition) is 4. The fraction of sp³-hybridized carbons (Fsp3) is 0.654. The van der Waals surface area contributed by atoms with Crippen LogP contribution in [-0.2, 0) is 13.0 Å². The van der Waals surface area contributed by atoms with E-state index >= 15 is 0 Å². The summed E-state index contributed by atoms with van der Waals surface area (Å²) in [6.07, 6.45) is 11.2. The Bertz CT molecular complexity index is 787. The number of benzene rings is 1. The van der Waals surface area contributed by atoms with E-state index in [1.165, 1.54) is 56.2 Å². The van der Waals surface area contributed by atoms with E-state index in [2.05, 4.69) is 47.1 Å². The van der Waals surface area contributed by atoms with E-state index in [-0.39, 0.29) is 0 Å². The number of unbranched alkanes of at least 4 members (excludes halogenated alkanes) is 6. The maximum absolute atomic E-state index is 6.09. The number of aromatic amines is 1. The van der Waals surface area contributed by atoms with Crippen LogP contribution in [0, 0.1) is 0 Å². The van der Waals surface area contributed by atoms with Gasteiger partial charge in [-0.15, -0.1) is 0 Å². The van der Waals surface area contributed by atoms with Crippen LogP contribution in [0.25, 0.3) is 11.3 Å². The zero-order valence-corrected chi connectivity index (χ0v) is 19.8. The lowest BCUT2D eigenvalue weighted by atomic mass is 10.0. The van der Waals surface area contributed by atoms with Crippen LogP contribution in [0.5, 0.6) is 11.5 Å². The van der Waals surface area contributed by atoms with Crippen LogP contribution in [-0.4, -0.2) is 41.4 Å². The van der Waals surface area contributed by atoms with E-state index in [0.29, 0.717) is 6.61 Å². The molecule has 0 aliphatic carbocycles. The molecule has 0 bridgehead atoms. The molecule has 0 fully saturated rings. The number of aromatic nitrogens is 2. The van der Waals surface area contributed by atoms with Gasteiger partial charge in [-0.3, -0.25) is 10.00 Å². The minimum atomic E-state index is 0.625.